The highest BCUT2D eigenvalue weighted by Gasteiger charge is 2.20. The Hall–Kier alpha value is -3.73. The Labute approximate surface area is 297 Å². The van der Waals surface area contributed by atoms with Gasteiger partial charge in [0.2, 0.25) is 0 Å². The van der Waals surface area contributed by atoms with Crippen molar-refractivity contribution in [2.24, 2.45) is 0 Å². The van der Waals surface area contributed by atoms with E-state index in [0.29, 0.717) is 40.0 Å². The maximum Gasteiger partial charge on any atom is 0.330 e. The molecule has 3 aromatic carbocycles. The lowest BCUT2D eigenvalue weighted by atomic mass is 10.1. The first kappa shape index (κ1) is 42.3. The van der Waals surface area contributed by atoms with E-state index in [2.05, 4.69) is 67.0 Å². The number of halogens is 4. The second kappa shape index (κ2) is 22.8. The normalized spacial score (nSPS) is 10.7. The molecule has 262 valence electrons. The quantitative estimate of drug-likeness (QED) is 0.0973. The molecular weight excluding hydrogens is 708 g/mol. The van der Waals surface area contributed by atoms with Crippen molar-refractivity contribution in [1.29, 1.82) is 0 Å². The monoisotopic (exact) mass is 751 g/mol. The van der Waals surface area contributed by atoms with Crippen LogP contribution in [0.2, 0.25) is 0 Å². The van der Waals surface area contributed by atoms with Crippen molar-refractivity contribution in [2.75, 3.05) is 39.5 Å². The van der Waals surface area contributed by atoms with Gasteiger partial charge in [0, 0.05) is 22.6 Å². The predicted octanol–water partition coefficient (Wildman–Crippen LogP) is 5.83. The molecule has 0 N–H and O–H groups in total. The first-order valence-corrected chi connectivity index (χ1v) is 16.5. The molecule has 0 unspecified atom stereocenters. The van der Waals surface area contributed by atoms with Crippen LogP contribution in [0.15, 0.2) is 94.0 Å². The van der Waals surface area contributed by atoms with E-state index in [4.69, 9.17) is 18.6 Å². The first-order valence-electron chi connectivity index (χ1n) is 15.7. The van der Waals surface area contributed by atoms with Crippen LogP contribution in [0.5, 0.6) is 5.75 Å². The number of carbonyl (C=O) groups excluding carboxylic acids is 2. The van der Waals surface area contributed by atoms with Crippen LogP contribution in [-0.4, -0.2) is 55.9 Å². The molecule has 11 heteroatoms. The number of benzene rings is 3. The standard InChI is InChI=1S/C13H22N.C12H12BrFO3.C12H11FO3.ClH/c1-4-14(5-2,6-3)12-13-10-8-7-9-11-13;1-2-16-12(15)4-3-7-17-11-6-5-9(14)8-10(11)13;1-2-15-12(14)5-8-7-16-11-4-3-9(13)6-10(8)11;/h7-11H,4-6,12H2,1-3H3;3-6,8H,2,7H2,1H3;3-4,6-7H,2,5H2,1H3;1H/q+1;;;/p-1/b;4-3+;;. The fraction of sp³-hybridized carbons (Fsp3) is 0.351. The highest BCUT2D eigenvalue weighted by molar-refractivity contribution is 9.10. The number of quaternary nitrogens is 1. The fourth-order valence-electron chi connectivity index (χ4n) is 4.60. The lowest BCUT2D eigenvalue weighted by Crippen LogP contribution is -3.00. The van der Waals surface area contributed by atoms with Gasteiger partial charge in [-0.05, 0) is 93.0 Å². The van der Waals surface area contributed by atoms with Crippen molar-refractivity contribution in [3.05, 3.63) is 112 Å². The number of fused-ring (bicyclic) bond motifs is 1. The number of ether oxygens (including phenoxy) is 3. The molecule has 0 aliphatic rings. The summed E-state index contributed by atoms with van der Waals surface area (Å²) in [5.74, 6) is -0.922. The molecule has 0 amide bonds. The lowest BCUT2D eigenvalue weighted by molar-refractivity contribution is -0.936. The van der Waals surface area contributed by atoms with E-state index in [-0.39, 0.29) is 43.0 Å². The van der Waals surface area contributed by atoms with Gasteiger partial charge in [0.15, 0.2) is 0 Å². The predicted molar refractivity (Wildman–Crippen MR) is 184 cm³/mol. The highest BCUT2D eigenvalue weighted by atomic mass is 79.9. The summed E-state index contributed by atoms with van der Waals surface area (Å²) in [6.07, 6.45) is 4.39. The molecule has 1 heterocycles. The van der Waals surface area contributed by atoms with Gasteiger partial charge < -0.3 is 35.5 Å². The smallest absolute Gasteiger partial charge is 0.330 e. The van der Waals surface area contributed by atoms with Crippen molar-refractivity contribution in [3.8, 4) is 5.75 Å². The molecule has 4 rings (SSSR count). The van der Waals surface area contributed by atoms with Gasteiger partial charge in [-0.3, -0.25) is 4.79 Å². The Morgan fingerprint density at radius 2 is 1.48 bits per heavy atom. The number of nitrogens with zero attached hydrogens (tertiary/aromatic N) is 1. The zero-order valence-electron chi connectivity index (χ0n) is 28.1. The average Bonchev–Trinajstić information content (AvgIpc) is 3.45. The van der Waals surface area contributed by atoms with Crippen LogP contribution in [0.4, 0.5) is 8.78 Å². The van der Waals surface area contributed by atoms with Gasteiger partial charge >= 0.3 is 11.9 Å². The average molecular weight is 753 g/mol. The van der Waals surface area contributed by atoms with Gasteiger partial charge in [0.05, 0.1) is 50.0 Å². The SMILES string of the molecule is CCOC(=O)/C=C/COc1ccc(F)cc1Br.CCOC(=O)Cc1coc2ccc(F)cc12.CC[N+](CC)(CC)Cc1ccccc1.[Cl-]. The summed E-state index contributed by atoms with van der Waals surface area (Å²) < 4.78 is 47.5. The minimum Gasteiger partial charge on any atom is -1.00 e. The van der Waals surface area contributed by atoms with E-state index in [9.17, 15) is 18.4 Å². The molecule has 0 atom stereocenters. The Morgan fingerprint density at radius 1 is 0.854 bits per heavy atom. The minimum absolute atomic E-state index is 0. The van der Waals surface area contributed by atoms with Gasteiger partial charge in [-0.25, -0.2) is 13.6 Å². The van der Waals surface area contributed by atoms with Crippen LogP contribution < -0.4 is 17.1 Å². The van der Waals surface area contributed by atoms with Crippen molar-refractivity contribution >= 4 is 38.8 Å². The summed E-state index contributed by atoms with van der Waals surface area (Å²) in [6, 6.07) is 19.1. The first-order chi connectivity index (χ1) is 22.6. The number of rotatable bonds is 13. The van der Waals surface area contributed by atoms with Crippen molar-refractivity contribution < 1.29 is 53.9 Å². The van der Waals surface area contributed by atoms with Gasteiger partial charge in [0.25, 0.3) is 0 Å². The summed E-state index contributed by atoms with van der Waals surface area (Å²) >= 11 is 3.17. The highest BCUT2D eigenvalue weighted by Crippen LogP contribution is 2.25. The second-order valence-corrected chi connectivity index (χ2v) is 11.2. The minimum atomic E-state index is -0.408. The Kier molecular flexibility index (Phi) is 20.1. The molecule has 0 bridgehead atoms. The summed E-state index contributed by atoms with van der Waals surface area (Å²) in [5, 5.41) is 0.619. The molecule has 0 spiro atoms. The zero-order chi connectivity index (χ0) is 34.7. The molecule has 0 radical (unpaired) electrons. The molecule has 48 heavy (non-hydrogen) atoms. The fourth-order valence-corrected chi connectivity index (χ4v) is 5.07. The van der Waals surface area contributed by atoms with Gasteiger partial charge in [-0.2, -0.15) is 0 Å². The largest absolute Gasteiger partial charge is 1.00 e. The third kappa shape index (κ3) is 14.6. The van der Waals surface area contributed by atoms with Crippen LogP contribution in [-0.2, 0) is 32.0 Å². The van der Waals surface area contributed by atoms with E-state index in [0.717, 1.165) is 0 Å². The molecule has 0 fully saturated rings. The molecule has 0 aliphatic heterocycles. The van der Waals surface area contributed by atoms with E-state index < -0.39 is 5.97 Å². The molecule has 1 aromatic heterocycles. The summed E-state index contributed by atoms with van der Waals surface area (Å²) in [7, 11) is 0. The van der Waals surface area contributed by atoms with Crippen molar-refractivity contribution in [2.45, 2.75) is 47.6 Å². The Morgan fingerprint density at radius 3 is 2.08 bits per heavy atom. The van der Waals surface area contributed by atoms with E-state index >= 15 is 0 Å². The summed E-state index contributed by atoms with van der Waals surface area (Å²) in [5.41, 5.74) is 2.67. The van der Waals surface area contributed by atoms with E-state index in [1.165, 1.54) is 85.0 Å². The van der Waals surface area contributed by atoms with Gasteiger partial charge in [0.1, 0.15) is 36.1 Å². The molecule has 0 aliphatic carbocycles. The van der Waals surface area contributed by atoms with E-state index in [1.807, 2.05) is 0 Å². The third-order valence-electron chi connectivity index (χ3n) is 7.40. The molecular formula is C37H45BrClF2NO6. The maximum absolute atomic E-state index is 13.0. The Balaban J connectivity index is 0.000000358. The van der Waals surface area contributed by atoms with Crippen LogP contribution in [0.3, 0.4) is 0 Å². The second-order valence-electron chi connectivity index (χ2n) is 10.4. The number of hydrogen-bond acceptors (Lipinski definition) is 6. The van der Waals surface area contributed by atoms with Crippen molar-refractivity contribution in [1.82, 2.24) is 0 Å². The number of esters is 2. The molecule has 4 aromatic rings. The van der Waals surface area contributed by atoms with Crippen LogP contribution >= 0.6 is 15.9 Å². The number of hydrogen-bond donors (Lipinski definition) is 0. The molecule has 7 nitrogen and oxygen atoms in total. The Bertz CT molecular complexity index is 1550. The maximum atomic E-state index is 13.0. The summed E-state index contributed by atoms with van der Waals surface area (Å²) in [6.45, 7) is 16.1. The molecule has 0 saturated heterocycles. The topological polar surface area (TPSA) is 75.0 Å². The van der Waals surface area contributed by atoms with Gasteiger partial charge in [-0.15, -0.1) is 0 Å². The number of furan rings is 1. The summed E-state index contributed by atoms with van der Waals surface area (Å²) in [4.78, 5) is 22.2. The molecule has 0 saturated carbocycles. The van der Waals surface area contributed by atoms with Crippen LogP contribution in [0.1, 0.15) is 45.7 Å². The number of carbonyl (C=O) groups is 2. The van der Waals surface area contributed by atoms with Crippen LogP contribution in [0, 0.1) is 11.6 Å². The third-order valence-corrected chi connectivity index (χ3v) is 8.02. The zero-order valence-corrected chi connectivity index (χ0v) is 30.5. The van der Waals surface area contributed by atoms with Crippen LogP contribution in [0.25, 0.3) is 11.0 Å². The van der Waals surface area contributed by atoms with Crippen molar-refractivity contribution in [3.63, 3.8) is 0 Å². The van der Waals surface area contributed by atoms with E-state index in [1.54, 1.807) is 19.9 Å². The lowest BCUT2D eigenvalue weighted by Gasteiger charge is -2.35. The van der Waals surface area contributed by atoms with Gasteiger partial charge in [-0.1, -0.05) is 30.3 Å².